The molecule has 4 rings (SSSR count). The molecule has 2 heterocycles. The summed E-state index contributed by atoms with van der Waals surface area (Å²) in [6.07, 6.45) is -0.495. The molecule has 1 atom stereocenters. The zero-order chi connectivity index (χ0) is 22.8. The molecule has 0 aliphatic carbocycles. The summed E-state index contributed by atoms with van der Waals surface area (Å²) < 4.78 is 0.753. The first-order chi connectivity index (χ1) is 15.4. The highest BCUT2D eigenvalue weighted by Crippen LogP contribution is 2.33. The van der Waals surface area contributed by atoms with Crippen LogP contribution in [0.15, 0.2) is 53.6 Å². The minimum atomic E-state index is -1.39. The van der Waals surface area contributed by atoms with Gasteiger partial charge in [0, 0.05) is 5.02 Å². The van der Waals surface area contributed by atoms with Crippen LogP contribution < -0.4 is 10.3 Å². The zero-order valence-electron chi connectivity index (χ0n) is 16.1. The van der Waals surface area contributed by atoms with Crippen LogP contribution in [0.5, 0.6) is 0 Å². The van der Waals surface area contributed by atoms with E-state index in [0.29, 0.717) is 15.4 Å². The van der Waals surface area contributed by atoms with Crippen molar-refractivity contribution in [2.24, 2.45) is 5.10 Å². The number of nitrogens with one attached hydrogen (secondary N) is 1. The molecule has 11 heteroatoms. The Bertz CT molecular complexity index is 1310. The van der Waals surface area contributed by atoms with Gasteiger partial charge < -0.3 is 0 Å². The lowest BCUT2D eigenvalue weighted by Crippen LogP contribution is -2.55. The van der Waals surface area contributed by atoms with Crippen LogP contribution in [0.2, 0.25) is 5.02 Å². The van der Waals surface area contributed by atoms with E-state index in [0.717, 1.165) is 16.0 Å². The smallest absolute Gasteiger partial charge is 0.287 e. The number of anilines is 1. The molecule has 1 aliphatic rings. The first-order valence-electron chi connectivity index (χ1n) is 9.17. The standard InChI is InChI=1S/C21H12ClN5O4S/c22-11-5-7-12(8-6-11)27-20(30)17(26-25-15(28)9-10-23)16(18(29)21(27)31)19-24-13-3-1-2-4-14(13)32-19/h1-8,16H,9H2,(H,25,28)/b26-17-. The maximum atomic E-state index is 13.3. The van der Waals surface area contributed by atoms with E-state index in [9.17, 15) is 19.2 Å². The van der Waals surface area contributed by atoms with Crippen molar-refractivity contribution in [2.45, 2.75) is 12.3 Å². The Balaban J connectivity index is 1.81. The monoisotopic (exact) mass is 465 g/mol. The number of aromatic nitrogens is 1. The summed E-state index contributed by atoms with van der Waals surface area (Å²) in [6.45, 7) is 0. The summed E-state index contributed by atoms with van der Waals surface area (Å²) >= 11 is 7.02. The van der Waals surface area contributed by atoms with Gasteiger partial charge in [-0.25, -0.2) is 15.3 Å². The highest BCUT2D eigenvalue weighted by atomic mass is 35.5. The van der Waals surface area contributed by atoms with Crippen molar-refractivity contribution in [3.05, 3.63) is 58.6 Å². The van der Waals surface area contributed by atoms with Crippen LogP contribution in [-0.4, -0.2) is 34.2 Å². The number of para-hydroxylation sites is 1. The van der Waals surface area contributed by atoms with Gasteiger partial charge in [0.25, 0.3) is 11.8 Å². The van der Waals surface area contributed by atoms with Crippen LogP contribution in [-0.2, 0) is 19.2 Å². The van der Waals surface area contributed by atoms with E-state index >= 15 is 0 Å². The average Bonchev–Trinajstić information content (AvgIpc) is 3.20. The number of benzene rings is 2. The van der Waals surface area contributed by atoms with Crippen molar-refractivity contribution in [3.8, 4) is 6.07 Å². The lowest BCUT2D eigenvalue weighted by Gasteiger charge is -2.29. The Morgan fingerprint density at radius 2 is 1.88 bits per heavy atom. The third-order valence-corrected chi connectivity index (χ3v) is 5.91. The van der Waals surface area contributed by atoms with Gasteiger partial charge in [0.1, 0.15) is 23.1 Å². The summed E-state index contributed by atoms with van der Waals surface area (Å²) in [5.74, 6) is -5.02. The van der Waals surface area contributed by atoms with E-state index in [1.54, 1.807) is 30.3 Å². The number of hydrogen-bond donors (Lipinski definition) is 1. The number of halogens is 1. The normalized spacial score (nSPS) is 17.6. The number of imide groups is 1. The molecule has 0 spiro atoms. The first kappa shape index (κ1) is 21.3. The molecule has 1 aliphatic heterocycles. The van der Waals surface area contributed by atoms with Crippen molar-refractivity contribution in [1.82, 2.24) is 10.4 Å². The molecule has 3 amide bonds. The molecule has 32 heavy (non-hydrogen) atoms. The summed E-state index contributed by atoms with van der Waals surface area (Å²) in [6, 6.07) is 14.5. The average molecular weight is 466 g/mol. The molecule has 1 saturated heterocycles. The fourth-order valence-electron chi connectivity index (χ4n) is 3.10. The van der Waals surface area contributed by atoms with E-state index in [-0.39, 0.29) is 16.4 Å². The number of fused-ring (bicyclic) bond motifs is 1. The van der Waals surface area contributed by atoms with Gasteiger partial charge in [-0.1, -0.05) is 23.7 Å². The molecular weight excluding hydrogens is 454 g/mol. The van der Waals surface area contributed by atoms with Gasteiger partial charge in [0.05, 0.1) is 22.0 Å². The number of Topliss-reactive ketones (excluding diaryl/α,β-unsaturated/α-hetero) is 1. The van der Waals surface area contributed by atoms with Crippen LogP contribution in [0.3, 0.4) is 0 Å². The predicted molar refractivity (Wildman–Crippen MR) is 117 cm³/mol. The number of amides is 3. The van der Waals surface area contributed by atoms with Crippen LogP contribution in [0.1, 0.15) is 17.3 Å². The van der Waals surface area contributed by atoms with E-state index in [1.807, 2.05) is 0 Å². The molecule has 3 aromatic rings. The molecule has 1 unspecified atom stereocenters. The highest BCUT2D eigenvalue weighted by molar-refractivity contribution is 7.19. The Morgan fingerprint density at radius 3 is 2.56 bits per heavy atom. The number of nitrogens with zero attached hydrogens (tertiary/aromatic N) is 4. The summed E-state index contributed by atoms with van der Waals surface area (Å²) in [5.41, 5.74) is 2.44. The van der Waals surface area contributed by atoms with Gasteiger partial charge in [0.2, 0.25) is 5.78 Å². The maximum Gasteiger partial charge on any atom is 0.302 e. The molecule has 1 fully saturated rings. The fourth-order valence-corrected chi connectivity index (χ4v) is 4.30. The largest absolute Gasteiger partial charge is 0.302 e. The molecule has 1 N–H and O–H groups in total. The molecule has 1 aromatic heterocycles. The number of nitriles is 1. The topological polar surface area (TPSA) is 133 Å². The quantitative estimate of drug-likeness (QED) is 0.357. The molecule has 0 bridgehead atoms. The summed E-state index contributed by atoms with van der Waals surface area (Å²) in [4.78, 5) is 56.2. The van der Waals surface area contributed by atoms with Crippen molar-refractivity contribution in [2.75, 3.05) is 4.90 Å². The molecule has 0 radical (unpaired) electrons. The van der Waals surface area contributed by atoms with Gasteiger partial charge in [-0.3, -0.25) is 19.2 Å². The van der Waals surface area contributed by atoms with Crippen molar-refractivity contribution in [1.29, 1.82) is 5.26 Å². The maximum absolute atomic E-state index is 13.3. The highest BCUT2D eigenvalue weighted by Gasteiger charge is 2.48. The van der Waals surface area contributed by atoms with Crippen molar-refractivity contribution in [3.63, 3.8) is 0 Å². The lowest BCUT2D eigenvalue weighted by atomic mass is 9.92. The zero-order valence-corrected chi connectivity index (χ0v) is 17.7. The third kappa shape index (κ3) is 3.87. The van der Waals surface area contributed by atoms with Crippen LogP contribution in [0.25, 0.3) is 10.2 Å². The van der Waals surface area contributed by atoms with Crippen molar-refractivity contribution < 1.29 is 19.2 Å². The Hall–Kier alpha value is -3.94. The minimum Gasteiger partial charge on any atom is -0.287 e. The number of thiazole rings is 1. The molecule has 158 valence electrons. The summed E-state index contributed by atoms with van der Waals surface area (Å²) in [5, 5.41) is 13.1. The predicted octanol–water partition coefficient (Wildman–Crippen LogP) is 2.56. The molecule has 0 saturated carbocycles. The van der Waals surface area contributed by atoms with E-state index in [1.165, 1.54) is 24.3 Å². The van der Waals surface area contributed by atoms with Gasteiger partial charge in [-0.05, 0) is 36.4 Å². The molecule has 9 nitrogen and oxygen atoms in total. The second-order valence-electron chi connectivity index (χ2n) is 6.61. The second-order valence-corrected chi connectivity index (χ2v) is 8.10. The van der Waals surface area contributed by atoms with Gasteiger partial charge in [-0.15, -0.1) is 11.3 Å². The number of hydrazone groups is 1. The van der Waals surface area contributed by atoms with Crippen molar-refractivity contribution >= 4 is 68.1 Å². The third-order valence-electron chi connectivity index (χ3n) is 4.55. The number of ketones is 1. The van der Waals surface area contributed by atoms with Crippen LogP contribution >= 0.6 is 22.9 Å². The number of carbonyl (C=O) groups excluding carboxylic acids is 4. The minimum absolute atomic E-state index is 0.122. The van der Waals surface area contributed by atoms with Gasteiger partial charge >= 0.3 is 5.91 Å². The van der Waals surface area contributed by atoms with E-state index < -0.39 is 35.8 Å². The molecular formula is C21H12ClN5O4S. The van der Waals surface area contributed by atoms with E-state index in [2.05, 4.69) is 15.5 Å². The SMILES string of the molecule is N#CCC(=O)N/N=C1\C(=O)N(c2ccc(Cl)cc2)C(=O)C(=O)C1c1nc2ccccc2s1. The number of piperidine rings is 1. The Kier molecular flexibility index (Phi) is 5.77. The number of hydrogen-bond acceptors (Lipinski definition) is 8. The Labute approximate surface area is 189 Å². The van der Waals surface area contributed by atoms with E-state index in [4.69, 9.17) is 16.9 Å². The van der Waals surface area contributed by atoms with Gasteiger partial charge in [0.15, 0.2) is 0 Å². The summed E-state index contributed by atoms with van der Waals surface area (Å²) in [7, 11) is 0. The molecule has 2 aromatic carbocycles. The number of rotatable bonds is 4. The fraction of sp³-hybridized carbons (Fsp3) is 0.0952. The van der Waals surface area contributed by atoms with Crippen LogP contribution in [0, 0.1) is 11.3 Å². The lowest BCUT2D eigenvalue weighted by molar-refractivity contribution is -0.139. The first-order valence-corrected chi connectivity index (χ1v) is 10.4. The Morgan fingerprint density at radius 1 is 1.16 bits per heavy atom. The van der Waals surface area contributed by atoms with Gasteiger partial charge in [-0.2, -0.15) is 10.4 Å². The second kappa shape index (κ2) is 8.66. The van der Waals surface area contributed by atoms with Crippen LogP contribution in [0.4, 0.5) is 5.69 Å². The number of carbonyl (C=O) groups is 4.